The molecule has 0 atom stereocenters. The second-order valence-electron chi connectivity index (χ2n) is 3.49. The van der Waals surface area contributed by atoms with Gasteiger partial charge in [0.25, 0.3) is 0 Å². The Bertz CT molecular complexity index is 366. The lowest BCUT2D eigenvalue weighted by molar-refractivity contribution is -0.133. The summed E-state index contributed by atoms with van der Waals surface area (Å²) in [4.78, 5) is 12.5. The molecule has 0 fully saturated rings. The second-order valence-corrected chi connectivity index (χ2v) is 3.49. The van der Waals surface area contributed by atoms with Crippen molar-refractivity contribution in [2.75, 3.05) is 13.7 Å². The molecule has 0 saturated carbocycles. The van der Waals surface area contributed by atoms with E-state index >= 15 is 0 Å². The molecular weight excluding hydrogens is 197 g/mol. The van der Waals surface area contributed by atoms with E-state index in [0.717, 1.165) is 5.56 Å². The molecule has 3 nitrogen and oxygen atoms in total. The molecule has 0 saturated heterocycles. The minimum Gasteiger partial charge on any atom is -0.387 e. The van der Waals surface area contributed by atoms with Crippen LogP contribution in [-0.2, 0) is 11.3 Å². The van der Waals surface area contributed by atoms with Crippen LogP contribution in [0.5, 0.6) is 0 Å². The summed E-state index contributed by atoms with van der Waals surface area (Å²) in [5, 5.41) is 8.63. The van der Waals surface area contributed by atoms with Gasteiger partial charge < -0.3 is 10.0 Å². The molecule has 0 aliphatic heterocycles. The molecule has 0 heterocycles. The maximum absolute atomic E-state index is 12.9. The average Bonchev–Trinajstić information content (AvgIpc) is 2.22. The number of aryl methyl sites for hydroxylation is 1. The number of aliphatic hydroxyl groups is 1. The Labute approximate surface area is 88.1 Å². The zero-order valence-electron chi connectivity index (χ0n) is 8.83. The standard InChI is InChI=1S/C11H14FNO2/c1-8-5-9(3-4-10(8)12)6-13(2)11(15)7-14/h3-5,14H,6-7H2,1-2H3. The van der Waals surface area contributed by atoms with Crippen molar-refractivity contribution in [1.82, 2.24) is 4.90 Å². The second kappa shape index (κ2) is 4.89. The van der Waals surface area contributed by atoms with Crippen molar-refractivity contribution in [2.24, 2.45) is 0 Å². The van der Waals surface area contributed by atoms with Crippen molar-refractivity contribution in [3.05, 3.63) is 35.1 Å². The van der Waals surface area contributed by atoms with Crippen molar-refractivity contribution in [3.63, 3.8) is 0 Å². The zero-order chi connectivity index (χ0) is 11.4. The Hall–Kier alpha value is -1.42. The highest BCUT2D eigenvalue weighted by Gasteiger charge is 2.08. The van der Waals surface area contributed by atoms with Gasteiger partial charge in [0.2, 0.25) is 5.91 Å². The Kier molecular flexibility index (Phi) is 3.80. The number of hydrogen-bond donors (Lipinski definition) is 1. The maximum atomic E-state index is 12.9. The molecule has 1 aromatic rings. The van der Waals surface area contributed by atoms with Gasteiger partial charge in [0.15, 0.2) is 0 Å². The summed E-state index contributed by atoms with van der Waals surface area (Å²) in [6, 6.07) is 4.70. The Morgan fingerprint density at radius 2 is 2.20 bits per heavy atom. The van der Waals surface area contributed by atoms with E-state index in [-0.39, 0.29) is 11.7 Å². The van der Waals surface area contributed by atoms with Gasteiger partial charge in [-0.2, -0.15) is 0 Å². The number of nitrogens with zero attached hydrogens (tertiary/aromatic N) is 1. The third kappa shape index (κ3) is 3.02. The Balaban J connectivity index is 2.73. The number of benzene rings is 1. The van der Waals surface area contributed by atoms with Crippen LogP contribution in [0.2, 0.25) is 0 Å². The summed E-state index contributed by atoms with van der Waals surface area (Å²) in [7, 11) is 1.59. The van der Waals surface area contributed by atoms with Crippen LogP contribution in [0.15, 0.2) is 18.2 Å². The maximum Gasteiger partial charge on any atom is 0.248 e. The van der Waals surface area contributed by atoms with Gasteiger partial charge in [0, 0.05) is 13.6 Å². The van der Waals surface area contributed by atoms with Crippen molar-refractivity contribution < 1.29 is 14.3 Å². The summed E-state index contributed by atoms with van der Waals surface area (Å²) >= 11 is 0. The smallest absolute Gasteiger partial charge is 0.248 e. The van der Waals surface area contributed by atoms with E-state index in [9.17, 15) is 9.18 Å². The minimum atomic E-state index is -0.503. The average molecular weight is 211 g/mol. The number of rotatable bonds is 3. The van der Waals surface area contributed by atoms with Gasteiger partial charge in [-0.05, 0) is 24.1 Å². The molecule has 1 amide bonds. The highest BCUT2D eigenvalue weighted by Crippen LogP contribution is 2.10. The van der Waals surface area contributed by atoms with Crippen LogP contribution in [0.1, 0.15) is 11.1 Å². The first-order valence-electron chi connectivity index (χ1n) is 4.64. The van der Waals surface area contributed by atoms with Crippen LogP contribution < -0.4 is 0 Å². The summed E-state index contributed by atoms with van der Waals surface area (Å²) in [6.45, 7) is 1.55. The summed E-state index contributed by atoms with van der Waals surface area (Å²) in [6.07, 6.45) is 0. The molecule has 1 rings (SSSR count). The molecule has 1 N–H and O–H groups in total. The predicted octanol–water partition coefficient (Wildman–Crippen LogP) is 1.08. The number of carbonyl (C=O) groups is 1. The van der Waals surface area contributed by atoms with Crippen molar-refractivity contribution >= 4 is 5.91 Å². The first-order valence-corrected chi connectivity index (χ1v) is 4.64. The van der Waals surface area contributed by atoms with E-state index in [1.807, 2.05) is 0 Å². The Morgan fingerprint density at radius 1 is 1.53 bits per heavy atom. The number of likely N-dealkylation sites (N-methyl/N-ethyl adjacent to an activating group) is 1. The SMILES string of the molecule is Cc1cc(CN(C)C(=O)CO)ccc1F. The number of carbonyl (C=O) groups excluding carboxylic acids is 1. The van der Waals surface area contributed by atoms with Crippen LogP contribution in [-0.4, -0.2) is 29.6 Å². The molecule has 15 heavy (non-hydrogen) atoms. The van der Waals surface area contributed by atoms with Crippen LogP contribution in [0, 0.1) is 12.7 Å². The lowest BCUT2D eigenvalue weighted by Crippen LogP contribution is -2.28. The monoisotopic (exact) mass is 211 g/mol. The van der Waals surface area contributed by atoms with Gasteiger partial charge in [-0.25, -0.2) is 4.39 Å². The van der Waals surface area contributed by atoms with Crippen molar-refractivity contribution in [3.8, 4) is 0 Å². The number of halogens is 1. The molecule has 0 aliphatic rings. The molecule has 82 valence electrons. The van der Waals surface area contributed by atoms with E-state index in [0.29, 0.717) is 12.1 Å². The van der Waals surface area contributed by atoms with E-state index in [1.165, 1.54) is 11.0 Å². The van der Waals surface area contributed by atoms with E-state index < -0.39 is 6.61 Å². The van der Waals surface area contributed by atoms with Crippen LogP contribution in [0.3, 0.4) is 0 Å². The van der Waals surface area contributed by atoms with Gasteiger partial charge in [-0.3, -0.25) is 4.79 Å². The molecule has 4 heteroatoms. The fourth-order valence-electron chi connectivity index (χ4n) is 1.29. The molecule has 0 radical (unpaired) electrons. The van der Waals surface area contributed by atoms with Gasteiger partial charge in [0.1, 0.15) is 12.4 Å². The van der Waals surface area contributed by atoms with E-state index in [4.69, 9.17) is 5.11 Å². The van der Waals surface area contributed by atoms with Crippen LogP contribution in [0.4, 0.5) is 4.39 Å². The van der Waals surface area contributed by atoms with Crippen LogP contribution >= 0.6 is 0 Å². The van der Waals surface area contributed by atoms with E-state index in [1.54, 1.807) is 26.1 Å². The number of amides is 1. The predicted molar refractivity (Wildman–Crippen MR) is 54.7 cm³/mol. The third-order valence-electron chi connectivity index (χ3n) is 2.20. The lowest BCUT2D eigenvalue weighted by atomic mass is 10.1. The molecule has 0 aromatic heterocycles. The molecule has 0 spiro atoms. The largest absolute Gasteiger partial charge is 0.387 e. The van der Waals surface area contributed by atoms with Crippen molar-refractivity contribution in [2.45, 2.75) is 13.5 Å². The summed E-state index contributed by atoms with van der Waals surface area (Å²) < 4.78 is 12.9. The molecule has 1 aromatic carbocycles. The zero-order valence-corrected chi connectivity index (χ0v) is 8.83. The first-order chi connectivity index (χ1) is 7.04. The number of hydrogen-bond acceptors (Lipinski definition) is 2. The third-order valence-corrected chi connectivity index (χ3v) is 2.20. The van der Waals surface area contributed by atoms with E-state index in [2.05, 4.69) is 0 Å². The van der Waals surface area contributed by atoms with Crippen molar-refractivity contribution in [1.29, 1.82) is 0 Å². The fraction of sp³-hybridized carbons (Fsp3) is 0.364. The van der Waals surface area contributed by atoms with Gasteiger partial charge in [-0.1, -0.05) is 12.1 Å². The number of aliphatic hydroxyl groups excluding tert-OH is 1. The van der Waals surface area contributed by atoms with Gasteiger partial charge in [0.05, 0.1) is 0 Å². The topological polar surface area (TPSA) is 40.5 Å². The minimum absolute atomic E-state index is 0.255. The van der Waals surface area contributed by atoms with Crippen LogP contribution in [0.25, 0.3) is 0 Å². The fourth-order valence-corrected chi connectivity index (χ4v) is 1.29. The highest BCUT2D eigenvalue weighted by molar-refractivity contribution is 5.76. The quantitative estimate of drug-likeness (QED) is 0.812. The summed E-state index contributed by atoms with van der Waals surface area (Å²) in [5.74, 6) is -0.605. The molecular formula is C11H14FNO2. The molecule has 0 aliphatic carbocycles. The first kappa shape index (κ1) is 11.7. The summed E-state index contributed by atoms with van der Waals surface area (Å²) in [5.41, 5.74) is 1.40. The molecule has 0 unspecified atom stereocenters. The Morgan fingerprint density at radius 3 is 2.73 bits per heavy atom. The highest BCUT2D eigenvalue weighted by atomic mass is 19.1. The van der Waals surface area contributed by atoms with Gasteiger partial charge >= 0.3 is 0 Å². The normalized spacial score (nSPS) is 10.1. The van der Waals surface area contributed by atoms with Gasteiger partial charge in [-0.15, -0.1) is 0 Å². The molecule has 0 bridgehead atoms. The lowest BCUT2D eigenvalue weighted by Gasteiger charge is -2.16.